The Morgan fingerprint density at radius 3 is 2.71 bits per heavy atom. The van der Waals surface area contributed by atoms with Gasteiger partial charge in [-0.1, -0.05) is 0 Å². The molecule has 17 heavy (non-hydrogen) atoms. The lowest BCUT2D eigenvalue weighted by Gasteiger charge is -2.03. The fourth-order valence-corrected chi connectivity index (χ4v) is 1.24. The van der Waals surface area contributed by atoms with Crippen LogP contribution in [0.25, 0.3) is 0 Å². The summed E-state index contributed by atoms with van der Waals surface area (Å²) >= 11 is 3.13. The summed E-state index contributed by atoms with van der Waals surface area (Å²) in [6.07, 6.45) is 3.02. The highest BCUT2D eigenvalue weighted by molar-refractivity contribution is 9.10. The van der Waals surface area contributed by atoms with Gasteiger partial charge in [-0.05, 0) is 22.9 Å². The van der Waals surface area contributed by atoms with E-state index >= 15 is 0 Å². The number of amides is 1. The number of nitrogens with one attached hydrogen (secondary N) is 1. The lowest BCUT2D eigenvalue weighted by Crippen LogP contribution is -2.15. The van der Waals surface area contributed by atoms with E-state index in [9.17, 15) is 9.59 Å². The summed E-state index contributed by atoms with van der Waals surface area (Å²) in [5, 5.41) is 2.53. The van der Waals surface area contributed by atoms with Gasteiger partial charge in [0.1, 0.15) is 4.60 Å². The monoisotopic (exact) mass is 301 g/mol. The van der Waals surface area contributed by atoms with E-state index in [2.05, 4.69) is 31.2 Å². The first-order valence-corrected chi connectivity index (χ1v) is 5.84. The Kier molecular flexibility index (Phi) is 5.55. The number of nitrogens with zero attached hydrogens (tertiary/aromatic N) is 2. The normalized spacial score (nSPS) is 9.76. The molecule has 0 aliphatic rings. The zero-order chi connectivity index (χ0) is 12.7. The second-order valence-electron chi connectivity index (χ2n) is 3.08. The van der Waals surface area contributed by atoms with Crippen LogP contribution in [0.2, 0.25) is 0 Å². The molecule has 0 spiro atoms. The Labute approximate surface area is 107 Å². The summed E-state index contributed by atoms with van der Waals surface area (Å²) in [5.41, 5.74) is 0. The molecule has 0 fully saturated rings. The van der Waals surface area contributed by atoms with E-state index in [4.69, 9.17) is 4.74 Å². The van der Waals surface area contributed by atoms with Crippen LogP contribution < -0.4 is 5.32 Å². The summed E-state index contributed by atoms with van der Waals surface area (Å²) in [4.78, 5) is 30.2. The molecule has 1 heterocycles. The van der Waals surface area contributed by atoms with Gasteiger partial charge in [-0.25, -0.2) is 9.97 Å². The first-order chi connectivity index (χ1) is 8.11. The number of hydrogen-bond donors (Lipinski definition) is 1. The quantitative estimate of drug-likeness (QED) is 0.834. The number of ether oxygens (including phenoxy) is 1. The van der Waals surface area contributed by atoms with Gasteiger partial charge < -0.3 is 10.1 Å². The van der Waals surface area contributed by atoms with E-state index in [0.717, 1.165) is 0 Å². The first-order valence-electron chi connectivity index (χ1n) is 5.05. The number of aromatic nitrogens is 2. The molecule has 0 bridgehead atoms. The molecule has 0 saturated carbocycles. The number of halogens is 1. The van der Waals surface area contributed by atoms with Crippen LogP contribution in [-0.4, -0.2) is 28.5 Å². The second kappa shape index (κ2) is 6.95. The van der Waals surface area contributed by atoms with Crippen molar-refractivity contribution in [3.8, 4) is 0 Å². The number of carbonyl (C=O) groups excluding carboxylic acids is 2. The second-order valence-corrected chi connectivity index (χ2v) is 3.89. The van der Waals surface area contributed by atoms with Crippen LogP contribution in [0, 0.1) is 0 Å². The van der Waals surface area contributed by atoms with Gasteiger partial charge in [-0.3, -0.25) is 9.59 Å². The Morgan fingerprint density at radius 2 is 2.12 bits per heavy atom. The van der Waals surface area contributed by atoms with Crippen molar-refractivity contribution in [1.82, 2.24) is 9.97 Å². The number of rotatable bonds is 5. The molecule has 0 atom stereocenters. The van der Waals surface area contributed by atoms with Gasteiger partial charge in [0.2, 0.25) is 5.91 Å². The minimum atomic E-state index is -0.385. The van der Waals surface area contributed by atoms with Crippen molar-refractivity contribution in [2.45, 2.75) is 19.8 Å². The van der Waals surface area contributed by atoms with Crippen molar-refractivity contribution < 1.29 is 14.3 Å². The Hall–Kier alpha value is -1.50. The number of esters is 1. The average Bonchev–Trinajstić information content (AvgIpc) is 2.30. The molecule has 0 saturated heterocycles. The van der Waals surface area contributed by atoms with Crippen LogP contribution in [0.1, 0.15) is 19.8 Å². The molecule has 1 aromatic rings. The van der Waals surface area contributed by atoms with Crippen LogP contribution in [0.4, 0.5) is 5.82 Å². The SMILES string of the molecule is CCOC(=O)CCC(=O)Nc1cnc(Br)cn1. The summed E-state index contributed by atoms with van der Waals surface area (Å²) in [7, 11) is 0. The molecule has 0 aliphatic carbocycles. The van der Waals surface area contributed by atoms with Gasteiger partial charge in [0.15, 0.2) is 5.82 Å². The molecule has 0 unspecified atom stereocenters. The molecular weight excluding hydrogens is 290 g/mol. The Bertz CT molecular complexity index is 394. The van der Waals surface area contributed by atoms with Gasteiger partial charge >= 0.3 is 5.97 Å². The van der Waals surface area contributed by atoms with E-state index in [1.165, 1.54) is 12.4 Å². The van der Waals surface area contributed by atoms with Gasteiger partial charge in [-0.15, -0.1) is 0 Å². The molecule has 1 amide bonds. The van der Waals surface area contributed by atoms with Crippen LogP contribution in [0.3, 0.4) is 0 Å². The average molecular weight is 302 g/mol. The summed E-state index contributed by atoms with van der Waals surface area (Å²) in [6.45, 7) is 2.04. The van der Waals surface area contributed by atoms with Crippen molar-refractivity contribution >= 4 is 33.6 Å². The highest BCUT2D eigenvalue weighted by Crippen LogP contribution is 2.06. The topological polar surface area (TPSA) is 81.2 Å². The third-order valence-corrected chi connectivity index (χ3v) is 2.16. The first kappa shape index (κ1) is 13.6. The molecule has 6 nitrogen and oxygen atoms in total. The predicted octanol–water partition coefficient (Wildman–Crippen LogP) is 1.52. The van der Waals surface area contributed by atoms with Crippen LogP contribution >= 0.6 is 15.9 Å². The predicted molar refractivity (Wildman–Crippen MR) is 64.2 cm³/mol. The third-order valence-electron chi connectivity index (χ3n) is 1.75. The van der Waals surface area contributed by atoms with Crippen LogP contribution in [0.15, 0.2) is 17.0 Å². The summed E-state index contributed by atoms with van der Waals surface area (Å²) in [6, 6.07) is 0. The maximum absolute atomic E-state index is 11.4. The van der Waals surface area contributed by atoms with Gasteiger partial charge in [-0.2, -0.15) is 0 Å². The van der Waals surface area contributed by atoms with Crippen LogP contribution in [0.5, 0.6) is 0 Å². The number of hydrogen-bond acceptors (Lipinski definition) is 5. The minimum absolute atomic E-state index is 0.0592. The lowest BCUT2D eigenvalue weighted by atomic mass is 10.3. The van der Waals surface area contributed by atoms with E-state index in [0.29, 0.717) is 17.0 Å². The zero-order valence-corrected chi connectivity index (χ0v) is 10.9. The van der Waals surface area contributed by atoms with Crippen molar-refractivity contribution in [3.63, 3.8) is 0 Å². The lowest BCUT2D eigenvalue weighted by molar-refractivity contribution is -0.144. The fraction of sp³-hybridized carbons (Fsp3) is 0.400. The fourth-order valence-electron chi connectivity index (χ4n) is 1.03. The van der Waals surface area contributed by atoms with Crippen molar-refractivity contribution in [2.24, 2.45) is 0 Å². The van der Waals surface area contributed by atoms with E-state index < -0.39 is 0 Å². The summed E-state index contributed by atoms with van der Waals surface area (Å²) < 4.78 is 5.29. The number of anilines is 1. The van der Waals surface area contributed by atoms with Crippen LogP contribution in [-0.2, 0) is 14.3 Å². The van der Waals surface area contributed by atoms with Gasteiger partial charge in [0, 0.05) is 6.42 Å². The minimum Gasteiger partial charge on any atom is -0.466 e. The molecule has 0 aromatic carbocycles. The smallest absolute Gasteiger partial charge is 0.306 e. The summed E-state index contributed by atoms with van der Waals surface area (Å²) in [5.74, 6) is -0.332. The standard InChI is InChI=1S/C10H12BrN3O3/c1-2-17-10(16)4-3-9(15)14-8-6-12-7(11)5-13-8/h5-6H,2-4H2,1H3,(H,13,14,15). The van der Waals surface area contributed by atoms with E-state index in [-0.39, 0.29) is 24.7 Å². The maximum atomic E-state index is 11.4. The highest BCUT2D eigenvalue weighted by Gasteiger charge is 2.08. The maximum Gasteiger partial charge on any atom is 0.306 e. The molecule has 0 aliphatic heterocycles. The molecule has 92 valence electrons. The van der Waals surface area contributed by atoms with Gasteiger partial charge in [0.25, 0.3) is 0 Å². The Morgan fingerprint density at radius 1 is 1.35 bits per heavy atom. The highest BCUT2D eigenvalue weighted by atomic mass is 79.9. The zero-order valence-electron chi connectivity index (χ0n) is 9.27. The van der Waals surface area contributed by atoms with Gasteiger partial charge in [0.05, 0.1) is 25.4 Å². The van der Waals surface area contributed by atoms with E-state index in [1.54, 1.807) is 6.92 Å². The Balaban J connectivity index is 2.34. The third kappa shape index (κ3) is 5.39. The van der Waals surface area contributed by atoms with Crippen molar-refractivity contribution in [2.75, 3.05) is 11.9 Å². The van der Waals surface area contributed by atoms with E-state index in [1.807, 2.05) is 0 Å². The molecule has 1 aromatic heterocycles. The van der Waals surface area contributed by atoms with Crippen molar-refractivity contribution in [1.29, 1.82) is 0 Å². The molecule has 1 rings (SSSR count). The largest absolute Gasteiger partial charge is 0.466 e. The molecular formula is C10H12BrN3O3. The van der Waals surface area contributed by atoms with Crippen molar-refractivity contribution in [3.05, 3.63) is 17.0 Å². The molecule has 7 heteroatoms. The molecule has 0 radical (unpaired) electrons. The number of carbonyl (C=O) groups is 2. The molecule has 1 N–H and O–H groups in total.